The van der Waals surface area contributed by atoms with E-state index in [4.69, 9.17) is 0 Å². The van der Waals surface area contributed by atoms with Crippen LogP contribution < -0.4 is 0 Å². The maximum Gasteiger partial charge on any atom is 0.192 e. The van der Waals surface area contributed by atoms with E-state index in [9.17, 15) is 4.55 Å². The second-order valence-electron chi connectivity index (χ2n) is 4.11. The van der Waals surface area contributed by atoms with Crippen LogP contribution in [0, 0.1) is 0 Å². The van der Waals surface area contributed by atoms with Gasteiger partial charge in [-0.05, 0) is 26.0 Å². The van der Waals surface area contributed by atoms with Gasteiger partial charge in [-0.3, -0.25) is 4.98 Å². The molecule has 0 aromatic carbocycles. The van der Waals surface area contributed by atoms with Crippen molar-refractivity contribution in [3.05, 3.63) is 24.5 Å². The van der Waals surface area contributed by atoms with Gasteiger partial charge in [0.15, 0.2) is 4.90 Å². The summed E-state index contributed by atoms with van der Waals surface area (Å²) >= 11 is 0.788. The Hall–Kier alpha value is -0.230. The Labute approximate surface area is 97.6 Å². The first-order valence-electron chi connectivity index (χ1n) is 4.79. The normalized spacial score (nSPS) is 22.9. The standard InChI is InChI=1S/C10H14N2OS2/c1-10(2)7-12(8-14-10)15(13)9-4-3-5-11-6-9/h3-6H,7-8H2,1-2H3. The second kappa shape index (κ2) is 4.33. The zero-order valence-electron chi connectivity index (χ0n) is 8.84. The highest BCUT2D eigenvalue weighted by Gasteiger charge is 2.37. The highest BCUT2D eigenvalue weighted by molar-refractivity contribution is 8.01. The average Bonchev–Trinajstić information content (AvgIpc) is 2.59. The Kier molecular flexibility index (Phi) is 3.25. The lowest BCUT2D eigenvalue weighted by Gasteiger charge is -2.19. The molecule has 0 spiro atoms. The highest BCUT2D eigenvalue weighted by Crippen LogP contribution is 2.35. The number of pyridine rings is 1. The van der Waals surface area contributed by atoms with Gasteiger partial charge in [0, 0.05) is 10.9 Å². The molecule has 0 bridgehead atoms. The lowest BCUT2D eigenvalue weighted by Crippen LogP contribution is -2.32. The highest BCUT2D eigenvalue weighted by atomic mass is 32.2. The number of rotatable bonds is 2. The van der Waals surface area contributed by atoms with E-state index in [1.165, 1.54) is 0 Å². The molecule has 15 heavy (non-hydrogen) atoms. The first kappa shape index (κ1) is 11.3. The summed E-state index contributed by atoms with van der Waals surface area (Å²) in [6.45, 7) is 5.22. The summed E-state index contributed by atoms with van der Waals surface area (Å²) < 4.78 is 14.3. The van der Waals surface area contributed by atoms with Crippen molar-refractivity contribution in [1.29, 1.82) is 0 Å². The van der Waals surface area contributed by atoms with E-state index in [1.54, 1.807) is 12.4 Å². The van der Waals surface area contributed by atoms with Crippen molar-refractivity contribution >= 4 is 23.1 Å². The number of aromatic nitrogens is 1. The molecule has 1 aromatic heterocycles. The molecule has 2 heterocycles. The fraction of sp³-hybridized carbons (Fsp3) is 0.500. The third kappa shape index (κ3) is 2.66. The summed E-state index contributed by atoms with van der Waals surface area (Å²) in [7, 11) is 0. The Morgan fingerprint density at radius 2 is 2.40 bits per heavy atom. The Morgan fingerprint density at radius 3 is 2.93 bits per heavy atom. The predicted molar refractivity (Wildman–Crippen MR) is 63.9 cm³/mol. The average molecular weight is 242 g/mol. The van der Waals surface area contributed by atoms with Gasteiger partial charge in [-0.15, -0.1) is 16.1 Å². The minimum atomic E-state index is -1.06. The van der Waals surface area contributed by atoms with Crippen molar-refractivity contribution < 1.29 is 4.55 Å². The summed E-state index contributed by atoms with van der Waals surface area (Å²) in [5, 5.41) is 0. The van der Waals surface area contributed by atoms with E-state index in [2.05, 4.69) is 18.8 Å². The predicted octanol–water partition coefficient (Wildman–Crippen LogP) is 1.89. The number of hydrogen-bond acceptors (Lipinski definition) is 4. The first-order chi connectivity index (χ1) is 7.08. The van der Waals surface area contributed by atoms with Gasteiger partial charge in [0.2, 0.25) is 0 Å². The molecule has 1 atom stereocenters. The Balaban J connectivity index is 2.07. The van der Waals surface area contributed by atoms with Gasteiger partial charge in [-0.2, -0.15) is 0 Å². The maximum absolute atomic E-state index is 12.1. The van der Waals surface area contributed by atoms with Crippen LogP contribution in [0.3, 0.4) is 0 Å². The summed E-state index contributed by atoms with van der Waals surface area (Å²) in [5.74, 6) is 0.828. The molecule has 1 aliphatic heterocycles. The molecular weight excluding hydrogens is 228 g/mol. The van der Waals surface area contributed by atoms with Gasteiger partial charge in [0.25, 0.3) is 0 Å². The van der Waals surface area contributed by atoms with Gasteiger partial charge in [0.05, 0.1) is 30.0 Å². The monoisotopic (exact) mass is 242 g/mol. The summed E-state index contributed by atoms with van der Waals surface area (Å²) in [6.07, 6.45) is 3.37. The van der Waals surface area contributed by atoms with Crippen LogP contribution in [-0.4, -0.2) is 31.0 Å². The molecule has 5 heteroatoms. The molecule has 1 aromatic rings. The SMILES string of the molecule is CC1(C)CN([S+]([O-])c2cccnc2)CS1. The smallest absolute Gasteiger partial charge is 0.192 e. The van der Waals surface area contributed by atoms with E-state index in [-0.39, 0.29) is 4.75 Å². The van der Waals surface area contributed by atoms with Crippen molar-refractivity contribution in [2.75, 3.05) is 12.4 Å². The van der Waals surface area contributed by atoms with Gasteiger partial charge in [-0.1, -0.05) is 0 Å². The van der Waals surface area contributed by atoms with Crippen molar-refractivity contribution in [1.82, 2.24) is 9.29 Å². The van der Waals surface area contributed by atoms with E-state index < -0.39 is 11.4 Å². The largest absolute Gasteiger partial charge is 0.593 e. The third-order valence-corrected chi connectivity index (χ3v) is 5.11. The van der Waals surface area contributed by atoms with Gasteiger partial charge in [-0.25, -0.2) is 0 Å². The molecule has 1 aliphatic rings. The zero-order valence-corrected chi connectivity index (χ0v) is 10.5. The number of nitrogens with zero attached hydrogens (tertiary/aromatic N) is 2. The molecule has 0 radical (unpaired) electrons. The molecule has 0 aliphatic carbocycles. The molecule has 1 saturated heterocycles. The third-order valence-electron chi connectivity index (χ3n) is 2.23. The summed E-state index contributed by atoms with van der Waals surface area (Å²) in [6, 6.07) is 3.68. The van der Waals surface area contributed by atoms with Gasteiger partial charge < -0.3 is 4.55 Å². The van der Waals surface area contributed by atoms with Crippen LogP contribution in [0.15, 0.2) is 29.4 Å². The molecule has 0 N–H and O–H groups in total. The van der Waals surface area contributed by atoms with Crippen LogP contribution in [0.5, 0.6) is 0 Å². The lowest BCUT2D eigenvalue weighted by atomic mass is 10.2. The van der Waals surface area contributed by atoms with Gasteiger partial charge >= 0.3 is 0 Å². The maximum atomic E-state index is 12.1. The zero-order chi connectivity index (χ0) is 10.9. The van der Waals surface area contributed by atoms with Crippen LogP contribution in [0.2, 0.25) is 0 Å². The molecule has 1 unspecified atom stereocenters. The van der Waals surface area contributed by atoms with Gasteiger partial charge in [0.1, 0.15) is 0 Å². The lowest BCUT2D eigenvalue weighted by molar-refractivity contribution is 0.450. The van der Waals surface area contributed by atoms with E-state index >= 15 is 0 Å². The first-order valence-corrected chi connectivity index (χ1v) is 6.88. The molecule has 0 amide bonds. The minimum absolute atomic E-state index is 0.206. The van der Waals surface area contributed by atoms with Crippen LogP contribution in [-0.2, 0) is 11.4 Å². The van der Waals surface area contributed by atoms with Crippen molar-refractivity contribution in [3.8, 4) is 0 Å². The number of hydrogen-bond donors (Lipinski definition) is 0. The van der Waals surface area contributed by atoms with E-state index in [0.717, 1.165) is 17.3 Å². The fourth-order valence-electron chi connectivity index (χ4n) is 1.47. The minimum Gasteiger partial charge on any atom is -0.593 e. The molecule has 82 valence electrons. The quantitative estimate of drug-likeness (QED) is 0.742. The fourth-order valence-corrected chi connectivity index (χ4v) is 4.01. The molecule has 3 nitrogen and oxygen atoms in total. The Bertz CT molecular complexity index is 331. The van der Waals surface area contributed by atoms with Crippen LogP contribution in [0.1, 0.15) is 13.8 Å². The van der Waals surface area contributed by atoms with E-state index in [1.807, 2.05) is 28.2 Å². The molecule has 1 fully saturated rings. The Morgan fingerprint density at radius 1 is 1.60 bits per heavy atom. The van der Waals surface area contributed by atoms with Crippen molar-refractivity contribution in [3.63, 3.8) is 0 Å². The summed E-state index contributed by atoms with van der Waals surface area (Å²) in [5.41, 5.74) is 0. The van der Waals surface area contributed by atoms with Crippen LogP contribution in [0.25, 0.3) is 0 Å². The van der Waals surface area contributed by atoms with Crippen molar-refractivity contribution in [2.45, 2.75) is 23.5 Å². The molecule has 2 rings (SSSR count). The van der Waals surface area contributed by atoms with Crippen LogP contribution in [0.4, 0.5) is 0 Å². The van der Waals surface area contributed by atoms with Crippen LogP contribution >= 0.6 is 11.8 Å². The second-order valence-corrected chi connectivity index (χ2v) is 7.25. The topological polar surface area (TPSA) is 39.2 Å². The van der Waals surface area contributed by atoms with Crippen molar-refractivity contribution in [2.24, 2.45) is 0 Å². The van der Waals surface area contributed by atoms with E-state index in [0.29, 0.717) is 0 Å². The summed E-state index contributed by atoms with van der Waals surface area (Å²) in [4.78, 5) is 4.77. The number of thioether (sulfide) groups is 1. The molecular formula is C10H14N2OS2. The molecule has 0 saturated carbocycles.